The van der Waals surface area contributed by atoms with Gasteiger partial charge in [0.1, 0.15) is 5.00 Å². The molecular weight excluding hydrogens is 336 g/mol. The predicted molar refractivity (Wildman–Crippen MR) is 100 cm³/mol. The van der Waals surface area contributed by atoms with Crippen LogP contribution >= 0.6 is 11.3 Å². The monoisotopic (exact) mass is 356 g/mol. The third-order valence-corrected chi connectivity index (χ3v) is 5.39. The Hall–Kier alpha value is -2.44. The Labute approximate surface area is 150 Å². The fourth-order valence-corrected chi connectivity index (χ4v) is 4.22. The van der Waals surface area contributed by atoms with Gasteiger partial charge in [0.2, 0.25) is 5.91 Å². The summed E-state index contributed by atoms with van der Waals surface area (Å²) in [6.45, 7) is 4.61. The fourth-order valence-electron chi connectivity index (χ4n) is 2.93. The van der Waals surface area contributed by atoms with Gasteiger partial charge in [-0.1, -0.05) is 37.3 Å². The van der Waals surface area contributed by atoms with E-state index in [1.807, 2.05) is 30.3 Å². The molecule has 0 aliphatic carbocycles. The molecule has 25 heavy (non-hydrogen) atoms. The average Bonchev–Trinajstić information content (AvgIpc) is 2.97. The first-order valence-corrected chi connectivity index (χ1v) is 9.04. The maximum Gasteiger partial charge on any atom is 0.339 e. The molecule has 0 bridgehead atoms. The molecule has 2 heterocycles. The first-order chi connectivity index (χ1) is 12.1. The SMILES string of the molecule is CCN1CCc2c(sc(NC(=O)/C=C/c3ccccc3)c2C(=O)O)C1. The van der Waals surface area contributed by atoms with Crippen LogP contribution in [0.5, 0.6) is 0 Å². The van der Waals surface area contributed by atoms with Crippen molar-refractivity contribution in [1.82, 2.24) is 4.90 Å². The first kappa shape index (κ1) is 17.4. The molecule has 0 atom stereocenters. The topological polar surface area (TPSA) is 69.6 Å². The second kappa shape index (κ2) is 7.63. The molecule has 0 unspecified atom stereocenters. The van der Waals surface area contributed by atoms with Crippen LogP contribution in [0.25, 0.3) is 6.08 Å². The third kappa shape index (κ3) is 3.97. The van der Waals surface area contributed by atoms with Crippen molar-refractivity contribution in [2.24, 2.45) is 0 Å². The first-order valence-electron chi connectivity index (χ1n) is 8.22. The number of fused-ring (bicyclic) bond motifs is 1. The van der Waals surface area contributed by atoms with Crippen molar-refractivity contribution in [1.29, 1.82) is 0 Å². The maximum absolute atomic E-state index is 12.2. The van der Waals surface area contributed by atoms with E-state index in [0.29, 0.717) is 11.4 Å². The van der Waals surface area contributed by atoms with Crippen LogP contribution in [0.4, 0.5) is 5.00 Å². The number of anilines is 1. The normalized spacial score (nSPS) is 14.4. The third-order valence-electron chi connectivity index (χ3n) is 4.26. The van der Waals surface area contributed by atoms with E-state index >= 15 is 0 Å². The highest BCUT2D eigenvalue weighted by Gasteiger charge is 2.27. The van der Waals surface area contributed by atoms with Gasteiger partial charge in [0.25, 0.3) is 0 Å². The Morgan fingerprint density at radius 1 is 1.32 bits per heavy atom. The number of nitrogens with zero attached hydrogens (tertiary/aromatic N) is 1. The number of carboxylic acid groups (broad SMARTS) is 1. The Morgan fingerprint density at radius 3 is 2.76 bits per heavy atom. The van der Waals surface area contributed by atoms with E-state index < -0.39 is 5.97 Å². The number of carboxylic acids is 1. The summed E-state index contributed by atoms with van der Waals surface area (Å²) in [6, 6.07) is 9.50. The van der Waals surface area contributed by atoms with Gasteiger partial charge in [-0.05, 0) is 30.2 Å². The number of likely N-dealkylation sites (N-methyl/N-ethyl adjacent to an activating group) is 1. The number of carbonyl (C=O) groups is 2. The number of nitrogens with one attached hydrogen (secondary N) is 1. The number of benzene rings is 1. The van der Waals surface area contributed by atoms with Crippen LogP contribution in [-0.4, -0.2) is 35.0 Å². The van der Waals surface area contributed by atoms with Gasteiger partial charge in [-0.25, -0.2) is 4.79 Å². The molecule has 2 aromatic rings. The van der Waals surface area contributed by atoms with Crippen LogP contribution in [0.3, 0.4) is 0 Å². The molecule has 0 fully saturated rings. The zero-order chi connectivity index (χ0) is 17.8. The molecule has 130 valence electrons. The number of thiophene rings is 1. The van der Waals surface area contributed by atoms with Crippen molar-refractivity contribution in [3.63, 3.8) is 0 Å². The van der Waals surface area contributed by atoms with Crippen molar-refractivity contribution in [2.45, 2.75) is 19.9 Å². The van der Waals surface area contributed by atoms with E-state index in [0.717, 1.165) is 35.6 Å². The summed E-state index contributed by atoms with van der Waals surface area (Å²) in [4.78, 5) is 27.2. The minimum atomic E-state index is -0.982. The minimum Gasteiger partial charge on any atom is -0.478 e. The van der Waals surface area contributed by atoms with Crippen molar-refractivity contribution >= 4 is 34.3 Å². The second-order valence-corrected chi connectivity index (χ2v) is 6.97. The zero-order valence-corrected chi connectivity index (χ0v) is 14.8. The van der Waals surface area contributed by atoms with Crippen molar-refractivity contribution in [3.05, 3.63) is 58.0 Å². The van der Waals surface area contributed by atoms with Gasteiger partial charge in [-0.15, -0.1) is 11.3 Å². The summed E-state index contributed by atoms with van der Waals surface area (Å²) < 4.78 is 0. The molecule has 0 saturated carbocycles. The van der Waals surface area contributed by atoms with Crippen LogP contribution in [0.1, 0.15) is 33.3 Å². The van der Waals surface area contributed by atoms with Crippen LogP contribution < -0.4 is 5.32 Å². The number of hydrogen-bond donors (Lipinski definition) is 2. The molecular formula is C19H20N2O3S. The Morgan fingerprint density at radius 2 is 2.08 bits per heavy atom. The summed E-state index contributed by atoms with van der Waals surface area (Å²) in [5.41, 5.74) is 2.03. The summed E-state index contributed by atoms with van der Waals surface area (Å²) in [5.74, 6) is -1.30. The molecule has 1 aromatic carbocycles. The van der Waals surface area contributed by atoms with Gasteiger partial charge in [0.05, 0.1) is 5.56 Å². The molecule has 0 saturated heterocycles. The molecule has 1 amide bonds. The number of amides is 1. The van der Waals surface area contributed by atoms with Gasteiger partial charge in [0, 0.05) is 24.0 Å². The fraction of sp³-hybridized carbons (Fsp3) is 0.263. The zero-order valence-electron chi connectivity index (χ0n) is 14.0. The smallest absolute Gasteiger partial charge is 0.339 e. The van der Waals surface area contributed by atoms with Gasteiger partial charge in [-0.2, -0.15) is 0 Å². The molecule has 2 N–H and O–H groups in total. The number of hydrogen-bond acceptors (Lipinski definition) is 4. The lowest BCUT2D eigenvalue weighted by Crippen LogP contribution is -2.29. The highest BCUT2D eigenvalue weighted by atomic mass is 32.1. The molecule has 1 aromatic heterocycles. The summed E-state index contributed by atoms with van der Waals surface area (Å²) in [5, 5.41) is 12.8. The Kier molecular flexibility index (Phi) is 5.31. The number of aromatic carboxylic acids is 1. The van der Waals surface area contributed by atoms with Crippen LogP contribution in [-0.2, 0) is 17.8 Å². The highest BCUT2D eigenvalue weighted by Crippen LogP contribution is 2.37. The van der Waals surface area contributed by atoms with E-state index in [9.17, 15) is 14.7 Å². The van der Waals surface area contributed by atoms with Gasteiger partial charge in [0.15, 0.2) is 0 Å². The van der Waals surface area contributed by atoms with Gasteiger partial charge >= 0.3 is 5.97 Å². The van der Waals surface area contributed by atoms with E-state index in [1.54, 1.807) is 6.08 Å². The highest BCUT2D eigenvalue weighted by molar-refractivity contribution is 7.17. The Bertz CT molecular complexity index is 812. The van der Waals surface area contributed by atoms with Crippen molar-refractivity contribution < 1.29 is 14.7 Å². The standard InChI is InChI=1S/C19H20N2O3S/c1-2-21-11-10-14-15(12-21)25-18(17(14)19(23)24)20-16(22)9-8-13-6-4-3-5-7-13/h3-9H,2,10-12H2,1H3,(H,20,22)(H,23,24)/b9-8+. The number of rotatable bonds is 5. The molecule has 3 rings (SSSR count). The molecule has 5 nitrogen and oxygen atoms in total. The average molecular weight is 356 g/mol. The lowest BCUT2D eigenvalue weighted by molar-refractivity contribution is -0.111. The Balaban J connectivity index is 1.80. The van der Waals surface area contributed by atoms with Gasteiger partial charge < -0.3 is 10.4 Å². The predicted octanol–water partition coefficient (Wildman–Crippen LogP) is 3.48. The molecule has 1 aliphatic rings. The van der Waals surface area contributed by atoms with Crippen LogP contribution in [0.15, 0.2) is 36.4 Å². The lowest BCUT2D eigenvalue weighted by Gasteiger charge is -2.25. The largest absolute Gasteiger partial charge is 0.478 e. The van der Waals surface area contributed by atoms with Gasteiger partial charge in [-0.3, -0.25) is 9.69 Å². The van der Waals surface area contributed by atoms with Crippen molar-refractivity contribution in [2.75, 3.05) is 18.4 Å². The van der Waals surface area contributed by atoms with E-state index in [4.69, 9.17) is 0 Å². The molecule has 1 aliphatic heterocycles. The summed E-state index contributed by atoms with van der Waals surface area (Å²) in [6.07, 6.45) is 3.84. The molecule has 6 heteroatoms. The van der Waals surface area contributed by atoms with E-state index in [1.165, 1.54) is 17.4 Å². The number of carbonyl (C=O) groups excluding carboxylic acids is 1. The van der Waals surface area contributed by atoms with Crippen LogP contribution in [0.2, 0.25) is 0 Å². The summed E-state index contributed by atoms with van der Waals surface area (Å²) >= 11 is 1.37. The quantitative estimate of drug-likeness (QED) is 0.805. The minimum absolute atomic E-state index is 0.247. The molecule has 0 radical (unpaired) electrons. The summed E-state index contributed by atoms with van der Waals surface area (Å²) in [7, 11) is 0. The van der Waals surface area contributed by atoms with Crippen LogP contribution in [0, 0.1) is 0 Å². The van der Waals surface area contributed by atoms with E-state index in [-0.39, 0.29) is 11.5 Å². The maximum atomic E-state index is 12.2. The second-order valence-electron chi connectivity index (χ2n) is 5.87. The van der Waals surface area contributed by atoms with Crippen molar-refractivity contribution in [3.8, 4) is 0 Å². The lowest BCUT2D eigenvalue weighted by atomic mass is 10.0. The van der Waals surface area contributed by atoms with E-state index in [2.05, 4.69) is 17.1 Å². The molecule has 0 spiro atoms.